The van der Waals surface area contributed by atoms with Gasteiger partial charge >= 0.3 is 11.9 Å². The van der Waals surface area contributed by atoms with Crippen LogP contribution in [0.4, 0.5) is 0 Å². The minimum Gasteiger partial charge on any atom is -0.489 e. The van der Waals surface area contributed by atoms with Crippen molar-refractivity contribution in [2.75, 3.05) is 7.11 Å². The maximum atomic E-state index is 12.2. The van der Waals surface area contributed by atoms with Gasteiger partial charge in [0.05, 0.1) is 29.5 Å². The summed E-state index contributed by atoms with van der Waals surface area (Å²) < 4.78 is 20.8. The maximum absolute atomic E-state index is 12.2. The molecule has 2 aromatic carbocycles. The van der Waals surface area contributed by atoms with Gasteiger partial charge in [-0.3, -0.25) is 0 Å². The Hall–Kier alpha value is -3.61. The molecule has 1 heterocycles. The van der Waals surface area contributed by atoms with Crippen LogP contribution in [0.5, 0.6) is 5.75 Å². The molecule has 0 N–H and O–H groups in total. The second-order valence-corrected chi connectivity index (χ2v) is 6.38. The van der Waals surface area contributed by atoms with Crippen LogP contribution in [-0.2, 0) is 22.7 Å². The highest BCUT2D eigenvalue weighted by Gasteiger charge is 2.11. The van der Waals surface area contributed by atoms with Crippen LogP contribution in [0.25, 0.3) is 0 Å². The van der Waals surface area contributed by atoms with Gasteiger partial charge in [-0.05, 0) is 55.8 Å². The summed E-state index contributed by atoms with van der Waals surface area (Å²) in [6, 6.07) is 13.4. The number of esters is 2. The fraction of sp³-hybridized carbons (Fsp3) is 0.227. The second-order valence-electron chi connectivity index (χ2n) is 6.38. The topological polar surface area (TPSA) is 87.9 Å². The smallest absolute Gasteiger partial charge is 0.338 e. The molecule has 0 bridgehead atoms. The molecule has 0 aliphatic rings. The highest BCUT2D eigenvalue weighted by atomic mass is 16.5. The Bertz CT molecular complexity index is 970. The first-order valence-corrected chi connectivity index (χ1v) is 8.97. The zero-order chi connectivity index (χ0) is 20.8. The van der Waals surface area contributed by atoms with E-state index in [9.17, 15) is 9.59 Å². The average molecular weight is 395 g/mol. The molecule has 29 heavy (non-hydrogen) atoms. The first-order chi connectivity index (χ1) is 14.0. The number of ether oxygens (including phenoxy) is 3. The van der Waals surface area contributed by atoms with Crippen molar-refractivity contribution in [3.05, 3.63) is 82.2 Å². The molecular formula is C22H21NO6. The van der Waals surface area contributed by atoms with E-state index in [0.29, 0.717) is 23.5 Å². The molecule has 0 saturated heterocycles. The van der Waals surface area contributed by atoms with Gasteiger partial charge in [0.15, 0.2) is 0 Å². The molecule has 150 valence electrons. The third-order valence-corrected chi connectivity index (χ3v) is 4.40. The van der Waals surface area contributed by atoms with Crippen molar-refractivity contribution >= 4 is 11.9 Å². The van der Waals surface area contributed by atoms with Crippen LogP contribution in [0.3, 0.4) is 0 Å². The molecule has 1 aromatic heterocycles. The number of nitrogens with zero attached hydrogens (tertiary/aromatic N) is 1. The third kappa shape index (κ3) is 5.01. The molecule has 0 radical (unpaired) electrons. The van der Waals surface area contributed by atoms with Crippen molar-refractivity contribution in [2.45, 2.75) is 27.1 Å². The molecule has 3 aromatic rings. The number of hydrogen-bond acceptors (Lipinski definition) is 7. The van der Waals surface area contributed by atoms with Crippen LogP contribution < -0.4 is 4.74 Å². The van der Waals surface area contributed by atoms with Gasteiger partial charge < -0.3 is 18.7 Å². The Labute approximate surface area is 168 Å². The van der Waals surface area contributed by atoms with E-state index in [-0.39, 0.29) is 6.61 Å². The summed E-state index contributed by atoms with van der Waals surface area (Å²) in [6.07, 6.45) is 0. The van der Waals surface area contributed by atoms with E-state index in [0.717, 1.165) is 22.6 Å². The zero-order valence-corrected chi connectivity index (χ0v) is 16.4. The van der Waals surface area contributed by atoms with E-state index in [1.165, 1.54) is 7.11 Å². The molecule has 0 amide bonds. The number of carbonyl (C=O) groups excluding carboxylic acids is 2. The van der Waals surface area contributed by atoms with Gasteiger partial charge in [0.25, 0.3) is 0 Å². The predicted molar refractivity (Wildman–Crippen MR) is 104 cm³/mol. The largest absolute Gasteiger partial charge is 0.489 e. The summed E-state index contributed by atoms with van der Waals surface area (Å²) >= 11 is 0. The highest BCUT2D eigenvalue weighted by Crippen LogP contribution is 2.18. The Balaban J connectivity index is 1.53. The number of aromatic nitrogens is 1. The molecule has 0 unspecified atom stereocenters. The van der Waals surface area contributed by atoms with Crippen molar-refractivity contribution in [3.63, 3.8) is 0 Å². The van der Waals surface area contributed by atoms with E-state index in [1.807, 2.05) is 13.8 Å². The molecule has 0 saturated carbocycles. The number of aryl methyl sites for hydroxylation is 2. The van der Waals surface area contributed by atoms with Crippen molar-refractivity contribution in [1.82, 2.24) is 5.16 Å². The quantitative estimate of drug-likeness (QED) is 0.559. The molecule has 3 rings (SSSR count). The zero-order valence-electron chi connectivity index (χ0n) is 16.4. The van der Waals surface area contributed by atoms with E-state index in [2.05, 4.69) is 9.89 Å². The summed E-state index contributed by atoms with van der Waals surface area (Å²) in [5.41, 5.74) is 3.33. The lowest BCUT2D eigenvalue weighted by Crippen LogP contribution is -2.06. The summed E-state index contributed by atoms with van der Waals surface area (Å²) in [5.74, 6) is 0.492. The Morgan fingerprint density at radius 3 is 2.10 bits per heavy atom. The lowest BCUT2D eigenvalue weighted by atomic mass is 10.1. The lowest BCUT2D eigenvalue weighted by molar-refractivity contribution is 0.0471. The molecule has 0 spiro atoms. The SMILES string of the molecule is COC(=O)c1ccc(COC(=O)c2ccc(OCc3c(C)noc3C)cc2)cc1. The number of carbonyl (C=O) groups is 2. The van der Waals surface area contributed by atoms with Crippen LogP contribution in [0.2, 0.25) is 0 Å². The minimum absolute atomic E-state index is 0.102. The standard InChI is InChI=1S/C22H21NO6/c1-14-20(15(2)29-23-14)13-27-19-10-8-18(9-11-19)22(25)28-12-16-4-6-17(7-5-16)21(24)26-3/h4-11H,12-13H2,1-3H3. The minimum atomic E-state index is -0.445. The van der Waals surface area contributed by atoms with Crippen molar-refractivity contribution in [3.8, 4) is 5.75 Å². The van der Waals surface area contributed by atoms with Gasteiger partial charge in [-0.1, -0.05) is 17.3 Å². The van der Waals surface area contributed by atoms with Crippen LogP contribution in [0, 0.1) is 13.8 Å². The molecule has 7 nitrogen and oxygen atoms in total. The van der Waals surface area contributed by atoms with Crippen LogP contribution in [0.1, 0.15) is 43.3 Å². The maximum Gasteiger partial charge on any atom is 0.338 e. The number of methoxy groups -OCH3 is 1. The van der Waals surface area contributed by atoms with Crippen LogP contribution in [-0.4, -0.2) is 24.2 Å². The molecule has 0 aliphatic heterocycles. The average Bonchev–Trinajstić information content (AvgIpc) is 3.08. The third-order valence-electron chi connectivity index (χ3n) is 4.40. The monoisotopic (exact) mass is 395 g/mol. The molecule has 0 fully saturated rings. The van der Waals surface area contributed by atoms with E-state index in [1.54, 1.807) is 48.5 Å². The first-order valence-electron chi connectivity index (χ1n) is 8.97. The summed E-state index contributed by atoms with van der Waals surface area (Å²) in [6.45, 7) is 4.13. The van der Waals surface area contributed by atoms with Gasteiger partial charge in [-0.15, -0.1) is 0 Å². The molecule has 7 heteroatoms. The van der Waals surface area contributed by atoms with Gasteiger partial charge in [0.2, 0.25) is 0 Å². The van der Waals surface area contributed by atoms with Gasteiger partial charge in [0, 0.05) is 0 Å². The van der Waals surface area contributed by atoms with Crippen LogP contribution in [0.15, 0.2) is 53.1 Å². The van der Waals surface area contributed by atoms with Crippen molar-refractivity contribution in [1.29, 1.82) is 0 Å². The second kappa shape index (κ2) is 9.05. The van der Waals surface area contributed by atoms with E-state index >= 15 is 0 Å². The number of benzene rings is 2. The molecule has 0 aliphatic carbocycles. The van der Waals surface area contributed by atoms with Gasteiger partial charge in [-0.25, -0.2) is 9.59 Å². The van der Waals surface area contributed by atoms with E-state index < -0.39 is 11.9 Å². The van der Waals surface area contributed by atoms with E-state index in [4.69, 9.17) is 14.0 Å². The fourth-order valence-electron chi connectivity index (χ4n) is 2.64. The summed E-state index contributed by atoms with van der Waals surface area (Å²) in [5, 5.41) is 3.89. The van der Waals surface area contributed by atoms with Crippen molar-refractivity contribution in [2.24, 2.45) is 0 Å². The normalized spacial score (nSPS) is 10.4. The predicted octanol–water partition coefficient (Wildman–Crippen LogP) is 4.01. The first kappa shape index (κ1) is 20.1. The summed E-state index contributed by atoms with van der Waals surface area (Å²) in [7, 11) is 1.32. The van der Waals surface area contributed by atoms with Gasteiger partial charge in [-0.2, -0.15) is 0 Å². The number of hydrogen-bond donors (Lipinski definition) is 0. The highest BCUT2D eigenvalue weighted by molar-refractivity contribution is 5.90. The fourth-order valence-corrected chi connectivity index (χ4v) is 2.64. The van der Waals surface area contributed by atoms with Crippen molar-refractivity contribution < 1.29 is 28.3 Å². The van der Waals surface area contributed by atoms with Crippen LogP contribution >= 0.6 is 0 Å². The Morgan fingerprint density at radius 1 is 0.897 bits per heavy atom. The lowest BCUT2D eigenvalue weighted by Gasteiger charge is -2.08. The number of rotatable bonds is 7. The van der Waals surface area contributed by atoms with Gasteiger partial charge in [0.1, 0.15) is 24.7 Å². The Kier molecular flexibility index (Phi) is 6.29. The summed E-state index contributed by atoms with van der Waals surface area (Å²) in [4.78, 5) is 23.7. The molecule has 0 atom stereocenters. The molecular weight excluding hydrogens is 374 g/mol. The Morgan fingerprint density at radius 2 is 1.52 bits per heavy atom.